The summed E-state index contributed by atoms with van der Waals surface area (Å²) in [6.45, 7) is 7.67. The summed E-state index contributed by atoms with van der Waals surface area (Å²) >= 11 is 0. The van der Waals surface area contributed by atoms with Crippen molar-refractivity contribution in [1.82, 2.24) is 15.0 Å². The van der Waals surface area contributed by atoms with Crippen molar-refractivity contribution >= 4 is 0 Å². The Hall–Kier alpha value is -0.900. The SMILES string of the molecule is CCCC(C)n1cc(C(C)(C)O)nn1. The van der Waals surface area contributed by atoms with Gasteiger partial charge >= 0.3 is 0 Å². The summed E-state index contributed by atoms with van der Waals surface area (Å²) in [4.78, 5) is 0. The van der Waals surface area contributed by atoms with Crippen LogP contribution in [0.15, 0.2) is 6.20 Å². The lowest BCUT2D eigenvalue weighted by Crippen LogP contribution is -2.16. The summed E-state index contributed by atoms with van der Waals surface area (Å²) in [5.41, 5.74) is -0.273. The summed E-state index contributed by atoms with van der Waals surface area (Å²) in [5.74, 6) is 0. The van der Waals surface area contributed by atoms with Gasteiger partial charge in [0.2, 0.25) is 0 Å². The van der Waals surface area contributed by atoms with Crippen molar-refractivity contribution in [3.63, 3.8) is 0 Å². The molecule has 0 bridgehead atoms. The molecule has 1 N–H and O–H groups in total. The van der Waals surface area contributed by atoms with Gasteiger partial charge < -0.3 is 5.11 Å². The van der Waals surface area contributed by atoms with E-state index < -0.39 is 5.60 Å². The third-order valence-corrected chi connectivity index (χ3v) is 2.30. The fourth-order valence-corrected chi connectivity index (χ4v) is 1.32. The third kappa shape index (κ3) is 2.54. The van der Waals surface area contributed by atoms with Crippen LogP contribution < -0.4 is 0 Å². The molecule has 0 aliphatic carbocycles. The quantitative estimate of drug-likeness (QED) is 0.801. The first-order valence-electron chi connectivity index (χ1n) is 5.09. The van der Waals surface area contributed by atoms with Crippen LogP contribution in [0.5, 0.6) is 0 Å². The Bertz CT molecular complexity index is 288. The highest BCUT2D eigenvalue weighted by atomic mass is 16.3. The highest BCUT2D eigenvalue weighted by molar-refractivity contribution is 5.03. The molecule has 0 spiro atoms. The molecule has 1 aromatic heterocycles. The molecule has 0 amide bonds. The molecule has 4 heteroatoms. The maximum absolute atomic E-state index is 9.70. The van der Waals surface area contributed by atoms with Gasteiger partial charge in [-0.3, -0.25) is 0 Å². The molecule has 0 aliphatic heterocycles. The van der Waals surface area contributed by atoms with Crippen molar-refractivity contribution in [3.05, 3.63) is 11.9 Å². The largest absolute Gasteiger partial charge is 0.384 e. The van der Waals surface area contributed by atoms with Crippen molar-refractivity contribution in [2.24, 2.45) is 0 Å². The van der Waals surface area contributed by atoms with Crippen LogP contribution in [0.2, 0.25) is 0 Å². The highest BCUT2D eigenvalue weighted by Gasteiger charge is 2.20. The van der Waals surface area contributed by atoms with E-state index >= 15 is 0 Å². The molecule has 0 radical (unpaired) electrons. The third-order valence-electron chi connectivity index (χ3n) is 2.30. The molecule has 0 aromatic carbocycles. The Labute approximate surface area is 84.9 Å². The number of aliphatic hydroxyl groups is 1. The van der Waals surface area contributed by atoms with Crippen LogP contribution >= 0.6 is 0 Å². The Balaban J connectivity index is 2.78. The van der Waals surface area contributed by atoms with E-state index in [-0.39, 0.29) is 0 Å². The maximum atomic E-state index is 9.70. The first-order valence-corrected chi connectivity index (χ1v) is 5.09. The Morgan fingerprint density at radius 3 is 2.64 bits per heavy atom. The normalized spacial score (nSPS) is 14.4. The van der Waals surface area contributed by atoms with E-state index in [1.807, 2.05) is 10.9 Å². The minimum Gasteiger partial charge on any atom is -0.384 e. The minimum absolute atomic E-state index is 0.351. The van der Waals surface area contributed by atoms with Crippen molar-refractivity contribution in [3.8, 4) is 0 Å². The molecule has 1 heterocycles. The molecule has 0 saturated heterocycles. The molecule has 0 fully saturated rings. The van der Waals surface area contributed by atoms with E-state index in [1.165, 1.54) is 0 Å². The van der Waals surface area contributed by atoms with Gasteiger partial charge in [0.05, 0.1) is 12.2 Å². The number of aromatic nitrogens is 3. The molecule has 0 saturated carbocycles. The topological polar surface area (TPSA) is 50.9 Å². The van der Waals surface area contributed by atoms with Crippen molar-refractivity contribution in [2.75, 3.05) is 0 Å². The van der Waals surface area contributed by atoms with Crippen LogP contribution in [0.25, 0.3) is 0 Å². The van der Waals surface area contributed by atoms with Crippen LogP contribution in [-0.4, -0.2) is 20.1 Å². The van der Waals surface area contributed by atoms with Gasteiger partial charge in [-0.15, -0.1) is 5.10 Å². The molecule has 80 valence electrons. The maximum Gasteiger partial charge on any atom is 0.114 e. The highest BCUT2D eigenvalue weighted by Crippen LogP contribution is 2.18. The average Bonchev–Trinajstić information content (AvgIpc) is 2.51. The second kappa shape index (κ2) is 4.09. The van der Waals surface area contributed by atoms with Gasteiger partial charge in [0, 0.05) is 0 Å². The molecule has 1 rings (SSSR count). The second-order valence-corrected chi connectivity index (χ2v) is 4.28. The lowest BCUT2D eigenvalue weighted by molar-refractivity contribution is 0.0737. The number of hydrogen-bond donors (Lipinski definition) is 1. The van der Waals surface area contributed by atoms with Crippen molar-refractivity contribution < 1.29 is 5.11 Å². The molecular formula is C10H19N3O. The summed E-state index contributed by atoms with van der Waals surface area (Å²) in [6.07, 6.45) is 4.02. The Kier molecular flexibility index (Phi) is 3.26. The summed E-state index contributed by atoms with van der Waals surface area (Å²) in [6, 6.07) is 0.351. The van der Waals surface area contributed by atoms with E-state index in [2.05, 4.69) is 24.2 Å². The zero-order chi connectivity index (χ0) is 10.8. The number of hydrogen-bond acceptors (Lipinski definition) is 3. The Morgan fingerprint density at radius 2 is 2.21 bits per heavy atom. The van der Waals surface area contributed by atoms with Crippen LogP contribution in [-0.2, 0) is 5.60 Å². The van der Waals surface area contributed by atoms with Gasteiger partial charge in [0.1, 0.15) is 11.3 Å². The molecule has 4 nitrogen and oxygen atoms in total. The molecular weight excluding hydrogens is 178 g/mol. The van der Waals surface area contributed by atoms with Gasteiger partial charge in [0.15, 0.2) is 0 Å². The predicted molar refractivity (Wildman–Crippen MR) is 54.9 cm³/mol. The zero-order valence-electron chi connectivity index (χ0n) is 9.36. The van der Waals surface area contributed by atoms with Crippen LogP contribution in [0.3, 0.4) is 0 Å². The fourth-order valence-electron chi connectivity index (χ4n) is 1.32. The lowest BCUT2D eigenvalue weighted by Gasteiger charge is -2.12. The molecule has 1 atom stereocenters. The van der Waals surface area contributed by atoms with Crippen molar-refractivity contribution in [2.45, 2.75) is 52.2 Å². The van der Waals surface area contributed by atoms with Gasteiger partial charge in [-0.2, -0.15) is 0 Å². The number of nitrogens with zero attached hydrogens (tertiary/aromatic N) is 3. The van der Waals surface area contributed by atoms with Crippen LogP contribution in [0, 0.1) is 0 Å². The summed E-state index contributed by atoms with van der Waals surface area (Å²) in [5, 5.41) is 17.7. The zero-order valence-corrected chi connectivity index (χ0v) is 9.36. The smallest absolute Gasteiger partial charge is 0.114 e. The average molecular weight is 197 g/mol. The first kappa shape index (κ1) is 11.2. The van der Waals surface area contributed by atoms with Crippen LogP contribution in [0.4, 0.5) is 0 Å². The van der Waals surface area contributed by atoms with E-state index in [0.717, 1.165) is 12.8 Å². The molecule has 0 aliphatic rings. The van der Waals surface area contributed by atoms with E-state index in [1.54, 1.807) is 13.8 Å². The minimum atomic E-state index is -0.899. The first-order chi connectivity index (χ1) is 6.45. The lowest BCUT2D eigenvalue weighted by atomic mass is 10.1. The van der Waals surface area contributed by atoms with Crippen LogP contribution in [0.1, 0.15) is 52.3 Å². The molecule has 1 aromatic rings. The van der Waals surface area contributed by atoms with Gasteiger partial charge in [-0.25, -0.2) is 4.68 Å². The Morgan fingerprint density at radius 1 is 1.57 bits per heavy atom. The van der Waals surface area contributed by atoms with Gasteiger partial charge in [0.25, 0.3) is 0 Å². The van der Waals surface area contributed by atoms with E-state index in [0.29, 0.717) is 11.7 Å². The summed E-state index contributed by atoms with van der Waals surface area (Å²) in [7, 11) is 0. The standard InChI is InChI=1S/C10H19N3O/c1-5-6-8(2)13-7-9(11-12-13)10(3,4)14/h7-8,14H,5-6H2,1-4H3. The monoisotopic (exact) mass is 197 g/mol. The van der Waals surface area contributed by atoms with Gasteiger partial charge in [-0.1, -0.05) is 18.6 Å². The number of rotatable bonds is 4. The second-order valence-electron chi connectivity index (χ2n) is 4.28. The van der Waals surface area contributed by atoms with Gasteiger partial charge in [-0.05, 0) is 27.2 Å². The van der Waals surface area contributed by atoms with E-state index in [9.17, 15) is 5.11 Å². The molecule has 1 unspecified atom stereocenters. The molecule has 14 heavy (non-hydrogen) atoms. The predicted octanol–water partition coefficient (Wildman–Crippen LogP) is 1.87. The van der Waals surface area contributed by atoms with Crippen molar-refractivity contribution in [1.29, 1.82) is 0 Å². The summed E-state index contributed by atoms with van der Waals surface area (Å²) < 4.78 is 1.82. The van der Waals surface area contributed by atoms with E-state index in [4.69, 9.17) is 0 Å². The fraction of sp³-hybridized carbons (Fsp3) is 0.800.